The van der Waals surface area contributed by atoms with Gasteiger partial charge in [-0.15, -0.1) is 0 Å². The van der Waals surface area contributed by atoms with Gasteiger partial charge in [0.15, 0.2) is 5.16 Å². The highest BCUT2D eigenvalue weighted by Crippen LogP contribution is 2.24. The molecule has 0 fully saturated rings. The molecule has 0 aliphatic rings. The Balaban J connectivity index is 1.78. The van der Waals surface area contributed by atoms with Crippen molar-refractivity contribution in [2.24, 2.45) is 0 Å². The fourth-order valence-electron chi connectivity index (χ4n) is 2.52. The van der Waals surface area contributed by atoms with Gasteiger partial charge in [-0.05, 0) is 30.2 Å². The molecule has 0 spiro atoms. The maximum Gasteiger partial charge on any atom is 0.168 e. The number of benzene rings is 2. The number of aliphatic hydroxyl groups excluding tert-OH is 1. The lowest BCUT2D eigenvalue weighted by Crippen LogP contribution is -2.06. The largest absolute Gasteiger partial charge is 0.390 e. The number of halogens is 1. The molecule has 3 rings (SSSR count). The van der Waals surface area contributed by atoms with Gasteiger partial charge in [-0.1, -0.05) is 53.7 Å². The van der Waals surface area contributed by atoms with E-state index in [-0.39, 0.29) is 12.4 Å². The average Bonchev–Trinajstić information content (AvgIpc) is 2.97. The van der Waals surface area contributed by atoms with Gasteiger partial charge in [-0.3, -0.25) is 0 Å². The van der Waals surface area contributed by atoms with Crippen LogP contribution in [0.1, 0.15) is 22.4 Å². The van der Waals surface area contributed by atoms with E-state index in [4.69, 9.17) is 0 Å². The molecule has 0 saturated heterocycles. The molecule has 0 radical (unpaired) electrons. The summed E-state index contributed by atoms with van der Waals surface area (Å²) in [5.41, 5.74) is 4.20. The van der Waals surface area contributed by atoms with Crippen LogP contribution in [0, 0.1) is 12.7 Å². The lowest BCUT2D eigenvalue weighted by atomic mass is 10.2. The molecule has 0 amide bonds. The summed E-state index contributed by atoms with van der Waals surface area (Å²) in [5.74, 6) is 0.563. The van der Waals surface area contributed by atoms with Crippen LogP contribution in [0.4, 0.5) is 4.39 Å². The van der Waals surface area contributed by atoms with Crippen LogP contribution in [0.3, 0.4) is 0 Å². The maximum atomic E-state index is 13.1. The topological polar surface area (TPSA) is 38.1 Å². The number of imidazole rings is 1. The summed E-state index contributed by atoms with van der Waals surface area (Å²) in [6, 6.07) is 14.8. The van der Waals surface area contributed by atoms with Crippen molar-refractivity contribution in [3.8, 4) is 0 Å². The molecule has 124 valence electrons. The van der Waals surface area contributed by atoms with E-state index < -0.39 is 0 Å². The molecule has 3 nitrogen and oxygen atoms in total. The van der Waals surface area contributed by atoms with Crippen LogP contribution in [0.15, 0.2) is 59.9 Å². The third-order valence-corrected chi connectivity index (χ3v) is 4.83. The van der Waals surface area contributed by atoms with Gasteiger partial charge in [-0.25, -0.2) is 9.37 Å². The molecule has 0 unspecified atom stereocenters. The number of rotatable bonds is 6. The molecule has 1 aromatic heterocycles. The Morgan fingerprint density at radius 3 is 2.62 bits per heavy atom. The van der Waals surface area contributed by atoms with E-state index in [9.17, 15) is 9.50 Å². The van der Waals surface area contributed by atoms with Crippen molar-refractivity contribution in [3.05, 3.63) is 82.9 Å². The Kier molecular flexibility index (Phi) is 5.33. The van der Waals surface area contributed by atoms with Crippen LogP contribution >= 0.6 is 11.8 Å². The second-order valence-corrected chi connectivity index (χ2v) is 6.62. The summed E-state index contributed by atoms with van der Waals surface area (Å²) >= 11 is 1.63. The lowest BCUT2D eigenvalue weighted by Gasteiger charge is -2.11. The Morgan fingerprint density at radius 2 is 1.92 bits per heavy atom. The van der Waals surface area contributed by atoms with E-state index in [0.717, 1.165) is 22.2 Å². The standard InChI is InChI=1S/C19H19FN2OS/c1-14-3-2-4-16(9-14)13-24-19-21-10-18(12-23)22(19)11-15-5-7-17(20)8-6-15/h2-10,23H,11-13H2,1H3. The monoisotopic (exact) mass is 342 g/mol. The number of aromatic nitrogens is 2. The number of hydrogen-bond donors (Lipinski definition) is 1. The van der Waals surface area contributed by atoms with Gasteiger partial charge in [0.1, 0.15) is 5.82 Å². The van der Waals surface area contributed by atoms with E-state index in [1.807, 2.05) is 4.57 Å². The Morgan fingerprint density at radius 1 is 1.12 bits per heavy atom. The first-order valence-corrected chi connectivity index (χ1v) is 8.72. The van der Waals surface area contributed by atoms with Crippen LogP contribution in [0.2, 0.25) is 0 Å². The third kappa shape index (κ3) is 4.04. The molecule has 0 saturated carbocycles. The van der Waals surface area contributed by atoms with Crippen LogP contribution in [0.5, 0.6) is 0 Å². The van der Waals surface area contributed by atoms with Gasteiger partial charge in [0.2, 0.25) is 0 Å². The molecule has 0 bridgehead atoms. The van der Waals surface area contributed by atoms with Crippen LogP contribution < -0.4 is 0 Å². The minimum absolute atomic E-state index is 0.0702. The Bertz CT molecular complexity index is 814. The average molecular weight is 342 g/mol. The summed E-state index contributed by atoms with van der Waals surface area (Å²) in [4.78, 5) is 4.43. The predicted molar refractivity (Wildman–Crippen MR) is 94.4 cm³/mol. The minimum atomic E-state index is -0.249. The highest BCUT2D eigenvalue weighted by molar-refractivity contribution is 7.98. The quantitative estimate of drug-likeness (QED) is 0.684. The zero-order valence-electron chi connectivity index (χ0n) is 13.4. The number of aryl methyl sites for hydroxylation is 1. The molecule has 1 N–H and O–H groups in total. The summed E-state index contributed by atoms with van der Waals surface area (Å²) in [7, 11) is 0. The minimum Gasteiger partial charge on any atom is -0.390 e. The van der Waals surface area contributed by atoms with Gasteiger partial charge in [0.25, 0.3) is 0 Å². The highest BCUT2D eigenvalue weighted by atomic mass is 32.2. The molecule has 3 aromatic rings. The zero-order chi connectivity index (χ0) is 16.9. The first-order valence-electron chi connectivity index (χ1n) is 7.74. The first kappa shape index (κ1) is 16.7. The molecule has 5 heteroatoms. The first-order chi connectivity index (χ1) is 11.7. The Labute approximate surface area is 145 Å². The number of aliphatic hydroxyl groups is 1. The van der Waals surface area contributed by atoms with Gasteiger partial charge in [-0.2, -0.15) is 0 Å². The molecule has 0 aliphatic carbocycles. The lowest BCUT2D eigenvalue weighted by molar-refractivity contribution is 0.270. The van der Waals surface area contributed by atoms with Gasteiger partial charge < -0.3 is 9.67 Å². The number of nitrogens with zero attached hydrogens (tertiary/aromatic N) is 2. The molecule has 1 heterocycles. The van der Waals surface area contributed by atoms with Crippen molar-refractivity contribution >= 4 is 11.8 Å². The van der Waals surface area contributed by atoms with Crippen LogP contribution in [-0.4, -0.2) is 14.7 Å². The molecular weight excluding hydrogens is 323 g/mol. The van der Waals surface area contributed by atoms with E-state index in [1.165, 1.54) is 23.3 Å². The molecule has 0 atom stereocenters. The van der Waals surface area contributed by atoms with Crippen molar-refractivity contribution < 1.29 is 9.50 Å². The fraction of sp³-hybridized carbons (Fsp3) is 0.211. The van der Waals surface area contributed by atoms with Crippen molar-refractivity contribution in [2.75, 3.05) is 0 Å². The Hall–Kier alpha value is -2.11. The zero-order valence-corrected chi connectivity index (χ0v) is 14.3. The molecular formula is C19H19FN2OS. The van der Waals surface area contributed by atoms with E-state index >= 15 is 0 Å². The summed E-state index contributed by atoms with van der Waals surface area (Å²) in [5, 5.41) is 10.4. The smallest absolute Gasteiger partial charge is 0.168 e. The second-order valence-electron chi connectivity index (χ2n) is 5.68. The van der Waals surface area contributed by atoms with Crippen molar-refractivity contribution in [3.63, 3.8) is 0 Å². The van der Waals surface area contributed by atoms with Crippen molar-refractivity contribution in [1.82, 2.24) is 9.55 Å². The summed E-state index contributed by atoms with van der Waals surface area (Å²) < 4.78 is 15.0. The van der Waals surface area contributed by atoms with Gasteiger partial charge >= 0.3 is 0 Å². The molecule has 0 aliphatic heterocycles. The SMILES string of the molecule is Cc1cccc(CSc2ncc(CO)n2Cc2ccc(F)cc2)c1. The van der Waals surface area contributed by atoms with Gasteiger partial charge in [0, 0.05) is 12.3 Å². The normalized spacial score (nSPS) is 11.0. The maximum absolute atomic E-state index is 13.1. The summed E-state index contributed by atoms with van der Waals surface area (Å²) in [6.07, 6.45) is 1.70. The van der Waals surface area contributed by atoms with Crippen LogP contribution in [-0.2, 0) is 18.9 Å². The third-order valence-electron chi connectivity index (χ3n) is 3.77. The van der Waals surface area contributed by atoms with Crippen LogP contribution in [0.25, 0.3) is 0 Å². The fourth-order valence-corrected chi connectivity index (χ4v) is 3.46. The molecule has 2 aromatic carbocycles. The van der Waals surface area contributed by atoms with Crippen molar-refractivity contribution in [1.29, 1.82) is 0 Å². The number of hydrogen-bond acceptors (Lipinski definition) is 3. The summed E-state index contributed by atoms with van der Waals surface area (Å²) in [6.45, 7) is 2.57. The highest BCUT2D eigenvalue weighted by Gasteiger charge is 2.11. The van der Waals surface area contributed by atoms with E-state index in [2.05, 4.69) is 36.2 Å². The van der Waals surface area contributed by atoms with Crippen molar-refractivity contribution in [2.45, 2.75) is 31.0 Å². The molecule has 24 heavy (non-hydrogen) atoms. The number of thioether (sulfide) groups is 1. The van der Waals surface area contributed by atoms with E-state index in [1.54, 1.807) is 30.1 Å². The van der Waals surface area contributed by atoms with Gasteiger partial charge in [0.05, 0.1) is 18.5 Å². The second kappa shape index (κ2) is 7.64. The predicted octanol–water partition coefficient (Wildman–Crippen LogP) is 4.16. The van der Waals surface area contributed by atoms with E-state index in [0.29, 0.717) is 6.54 Å².